The van der Waals surface area contributed by atoms with Crippen molar-refractivity contribution in [2.75, 3.05) is 27.3 Å². The molecule has 0 spiro atoms. The van der Waals surface area contributed by atoms with Crippen LogP contribution in [0.25, 0.3) is 0 Å². The SMILES string of the molecule is COC(=O)C1=C(OC(C)=O)C(C2C(C(=O)OC)=C(OC(C)=O)CN2Cc2ccccc2)N(Cc2ccccc2)C1. The van der Waals surface area contributed by atoms with Gasteiger partial charge in [0.05, 0.1) is 44.0 Å². The summed E-state index contributed by atoms with van der Waals surface area (Å²) in [5, 5.41) is 0. The van der Waals surface area contributed by atoms with Gasteiger partial charge in [0.25, 0.3) is 0 Å². The fourth-order valence-corrected chi connectivity index (χ4v) is 5.25. The molecule has 2 aromatic rings. The zero-order valence-corrected chi connectivity index (χ0v) is 22.9. The Labute approximate surface area is 232 Å². The topological polar surface area (TPSA) is 112 Å². The Bertz CT molecular complexity index is 1340. The lowest BCUT2D eigenvalue weighted by Gasteiger charge is -2.36. The van der Waals surface area contributed by atoms with Crippen molar-refractivity contribution < 1.29 is 38.1 Å². The fraction of sp³-hybridized carbons (Fsp3) is 0.333. The largest absolute Gasteiger partial charge is 0.466 e. The van der Waals surface area contributed by atoms with Crippen LogP contribution in [0.15, 0.2) is 83.3 Å². The van der Waals surface area contributed by atoms with E-state index in [1.165, 1.54) is 28.1 Å². The maximum Gasteiger partial charge on any atom is 0.338 e. The molecular weight excluding hydrogens is 516 g/mol. The van der Waals surface area contributed by atoms with E-state index in [1.54, 1.807) is 0 Å². The van der Waals surface area contributed by atoms with Crippen LogP contribution in [0, 0.1) is 0 Å². The van der Waals surface area contributed by atoms with Crippen LogP contribution >= 0.6 is 0 Å². The first-order valence-electron chi connectivity index (χ1n) is 12.8. The Balaban J connectivity index is 1.90. The summed E-state index contributed by atoms with van der Waals surface area (Å²) >= 11 is 0. The highest BCUT2D eigenvalue weighted by molar-refractivity contribution is 5.93. The molecule has 2 atom stereocenters. The van der Waals surface area contributed by atoms with E-state index in [0.717, 1.165) is 11.1 Å². The molecule has 0 fully saturated rings. The van der Waals surface area contributed by atoms with Crippen molar-refractivity contribution in [1.29, 1.82) is 0 Å². The summed E-state index contributed by atoms with van der Waals surface area (Å²) in [6.07, 6.45) is 0. The molecule has 0 saturated heterocycles. The number of benzene rings is 2. The Morgan fingerprint density at radius 3 is 1.68 bits per heavy atom. The number of ether oxygens (including phenoxy) is 4. The molecule has 0 amide bonds. The van der Waals surface area contributed by atoms with Crippen molar-refractivity contribution in [3.8, 4) is 0 Å². The molecule has 40 heavy (non-hydrogen) atoms. The van der Waals surface area contributed by atoms with Crippen LogP contribution in [-0.2, 0) is 51.2 Å². The molecule has 210 valence electrons. The van der Waals surface area contributed by atoms with E-state index in [0.29, 0.717) is 13.1 Å². The summed E-state index contributed by atoms with van der Waals surface area (Å²) in [5.41, 5.74) is 2.17. The second-order valence-electron chi connectivity index (χ2n) is 9.52. The monoisotopic (exact) mass is 548 g/mol. The first-order valence-corrected chi connectivity index (χ1v) is 12.8. The second-order valence-corrected chi connectivity index (χ2v) is 9.52. The summed E-state index contributed by atoms with van der Waals surface area (Å²) in [7, 11) is 2.50. The van der Waals surface area contributed by atoms with Gasteiger partial charge in [0.2, 0.25) is 0 Å². The number of carbonyl (C=O) groups is 4. The third-order valence-corrected chi connectivity index (χ3v) is 6.77. The van der Waals surface area contributed by atoms with Gasteiger partial charge >= 0.3 is 23.9 Å². The van der Waals surface area contributed by atoms with Gasteiger partial charge in [0.1, 0.15) is 11.5 Å². The van der Waals surface area contributed by atoms with Crippen molar-refractivity contribution in [1.82, 2.24) is 9.80 Å². The van der Waals surface area contributed by atoms with Crippen LogP contribution in [0.4, 0.5) is 0 Å². The maximum absolute atomic E-state index is 13.3. The van der Waals surface area contributed by atoms with Gasteiger partial charge in [-0.15, -0.1) is 0 Å². The highest BCUT2D eigenvalue weighted by atomic mass is 16.6. The van der Waals surface area contributed by atoms with Gasteiger partial charge in [-0.3, -0.25) is 19.4 Å². The number of nitrogens with zero attached hydrogens (tertiary/aromatic N) is 2. The van der Waals surface area contributed by atoms with E-state index in [2.05, 4.69) is 0 Å². The fourth-order valence-electron chi connectivity index (χ4n) is 5.25. The molecule has 10 nitrogen and oxygen atoms in total. The summed E-state index contributed by atoms with van der Waals surface area (Å²) < 4.78 is 21.4. The number of hydrogen-bond acceptors (Lipinski definition) is 10. The molecule has 4 rings (SSSR count). The molecule has 2 aliphatic heterocycles. The lowest BCUT2D eigenvalue weighted by atomic mass is 9.96. The van der Waals surface area contributed by atoms with E-state index in [4.69, 9.17) is 18.9 Å². The molecule has 2 heterocycles. The molecule has 0 aliphatic carbocycles. The van der Waals surface area contributed by atoms with Crippen molar-refractivity contribution in [3.63, 3.8) is 0 Å². The van der Waals surface area contributed by atoms with Gasteiger partial charge < -0.3 is 18.9 Å². The second kappa shape index (κ2) is 12.7. The molecule has 10 heteroatoms. The summed E-state index contributed by atoms with van der Waals surface area (Å²) in [6.45, 7) is 3.45. The molecule has 0 bridgehead atoms. The summed E-state index contributed by atoms with van der Waals surface area (Å²) in [6, 6.07) is 17.6. The predicted octanol–water partition coefficient (Wildman–Crippen LogP) is 2.74. The number of carbonyl (C=O) groups excluding carboxylic acids is 4. The Kier molecular flexibility index (Phi) is 9.13. The lowest BCUT2D eigenvalue weighted by molar-refractivity contribution is -0.139. The first-order chi connectivity index (χ1) is 19.2. The number of methoxy groups -OCH3 is 2. The van der Waals surface area contributed by atoms with Crippen LogP contribution in [-0.4, -0.2) is 73.1 Å². The molecule has 0 saturated carbocycles. The van der Waals surface area contributed by atoms with Crippen molar-refractivity contribution in [3.05, 3.63) is 94.5 Å². The number of esters is 4. The first kappa shape index (κ1) is 28.7. The zero-order chi connectivity index (χ0) is 28.8. The minimum absolute atomic E-state index is 0.0869. The Hall–Kier alpha value is -4.28. The molecule has 2 aromatic carbocycles. The summed E-state index contributed by atoms with van der Waals surface area (Å²) in [4.78, 5) is 54.5. The normalized spacial score (nSPS) is 19.5. The van der Waals surface area contributed by atoms with Gasteiger partial charge in [-0.25, -0.2) is 9.59 Å². The van der Waals surface area contributed by atoms with E-state index in [-0.39, 0.29) is 35.8 Å². The van der Waals surface area contributed by atoms with Gasteiger partial charge in [-0.05, 0) is 11.1 Å². The minimum Gasteiger partial charge on any atom is -0.466 e. The van der Waals surface area contributed by atoms with Gasteiger partial charge in [0, 0.05) is 33.5 Å². The van der Waals surface area contributed by atoms with Gasteiger partial charge in [-0.2, -0.15) is 0 Å². The molecule has 2 unspecified atom stereocenters. The van der Waals surface area contributed by atoms with Crippen LogP contribution < -0.4 is 0 Å². The molecule has 0 radical (unpaired) electrons. The summed E-state index contributed by atoms with van der Waals surface area (Å²) in [5.74, 6) is -2.31. The molecule has 0 aromatic heterocycles. The average molecular weight is 549 g/mol. The Morgan fingerprint density at radius 2 is 1.20 bits per heavy atom. The highest BCUT2D eigenvalue weighted by Gasteiger charge is 2.51. The van der Waals surface area contributed by atoms with Gasteiger partial charge in [0.15, 0.2) is 0 Å². The number of hydrogen-bond donors (Lipinski definition) is 0. The van der Waals surface area contributed by atoms with Crippen LogP contribution in [0.3, 0.4) is 0 Å². The molecule has 0 N–H and O–H groups in total. The average Bonchev–Trinajstić information content (AvgIpc) is 3.44. The minimum atomic E-state index is -0.803. The molecule has 2 aliphatic rings. The van der Waals surface area contributed by atoms with Crippen molar-refractivity contribution in [2.45, 2.75) is 39.0 Å². The molecular formula is C30H32N2O8. The van der Waals surface area contributed by atoms with Crippen molar-refractivity contribution >= 4 is 23.9 Å². The Morgan fingerprint density at radius 1 is 0.700 bits per heavy atom. The smallest absolute Gasteiger partial charge is 0.338 e. The van der Waals surface area contributed by atoms with E-state index >= 15 is 0 Å². The van der Waals surface area contributed by atoms with E-state index in [1.807, 2.05) is 70.5 Å². The number of rotatable bonds is 9. The van der Waals surface area contributed by atoms with Crippen molar-refractivity contribution in [2.24, 2.45) is 0 Å². The zero-order valence-electron chi connectivity index (χ0n) is 22.9. The third-order valence-electron chi connectivity index (χ3n) is 6.77. The highest BCUT2D eigenvalue weighted by Crippen LogP contribution is 2.40. The van der Waals surface area contributed by atoms with Gasteiger partial charge in [-0.1, -0.05) is 60.7 Å². The van der Waals surface area contributed by atoms with E-state index < -0.39 is 36.0 Å². The lowest BCUT2D eigenvalue weighted by Crippen LogP contribution is -2.50. The predicted molar refractivity (Wildman–Crippen MR) is 143 cm³/mol. The standard InChI is InChI=1S/C30H32N2O8/c1-19(33)39-24-18-32(16-22-13-9-6-10-14-22)26(25(24)30(36)38-4)27-28(40-20(2)34)23(29(35)37-3)17-31(27)15-21-11-7-5-8-12-21/h5-14,26-27H,15-18H2,1-4H3. The third kappa shape index (κ3) is 6.30. The maximum atomic E-state index is 13.3. The van der Waals surface area contributed by atoms with Crippen LogP contribution in [0.2, 0.25) is 0 Å². The quantitative estimate of drug-likeness (QED) is 0.343. The van der Waals surface area contributed by atoms with E-state index in [9.17, 15) is 19.2 Å². The van der Waals surface area contributed by atoms with Crippen LogP contribution in [0.1, 0.15) is 25.0 Å². The van der Waals surface area contributed by atoms with Crippen LogP contribution in [0.5, 0.6) is 0 Å².